The Balaban J connectivity index is 1.65. The zero-order chi connectivity index (χ0) is 18.7. The SMILES string of the molecule is CC(Sc1ccc(Cl)cn1)C(=O)Nc1nc(-c2ccc(F)c(F)c2)cs1. The van der Waals surface area contributed by atoms with Gasteiger partial charge in [0.2, 0.25) is 5.91 Å². The molecule has 1 aromatic carbocycles. The van der Waals surface area contributed by atoms with Crippen molar-refractivity contribution in [1.82, 2.24) is 9.97 Å². The number of nitrogens with one attached hydrogen (secondary N) is 1. The summed E-state index contributed by atoms with van der Waals surface area (Å²) in [7, 11) is 0. The van der Waals surface area contributed by atoms with E-state index in [0.717, 1.165) is 12.1 Å². The fraction of sp³-hybridized carbons (Fsp3) is 0.118. The van der Waals surface area contributed by atoms with Gasteiger partial charge in [0.05, 0.1) is 21.0 Å². The first-order valence-corrected chi connectivity index (χ1v) is 9.56. The molecule has 0 aliphatic carbocycles. The third-order valence-corrected chi connectivity index (χ3v) is 5.35. The molecule has 3 aromatic rings. The van der Waals surface area contributed by atoms with Gasteiger partial charge in [0.15, 0.2) is 16.8 Å². The Morgan fingerprint density at radius 3 is 2.77 bits per heavy atom. The van der Waals surface area contributed by atoms with E-state index in [4.69, 9.17) is 11.6 Å². The third kappa shape index (κ3) is 4.57. The maximum absolute atomic E-state index is 13.3. The van der Waals surface area contributed by atoms with Gasteiger partial charge >= 0.3 is 0 Å². The number of carbonyl (C=O) groups excluding carboxylic acids is 1. The van der Waals surface area contributed by atoms with Gasteiger partial charge in [0.25, 0.3) is 0 Å². The first-order chi connectivity index (χ1) is 12.4. The van der Waals surface area contributed by atoms with Gasteiger partial charge in [-0.15, -0.1) is 11.3 Å². The lowest BCUT2D eigenvalue weighted by Crippen LogP contribution is -2.22. The zero-order valence-corrected chi connectivity index (χ0v) is 15.8. The molecule has 1 amide bonds. The van der Waals surface area contributed by atoms with Crippen LogP contribution < -0.4 is 5.32 Å². The summed E-state index contributed by atoms with van der Waals surface area (Å²) in [6.45, 7) is 1.75. The fourth-order valence-corrected chi connectivity index (χ4v) is 3.62. The second-order valence-corrected chi connectivity index (χ2v) is 7.89. The van der Waals surface area contributed by atoms with E-state index in [9.17, 15) is 13.6 Å². The number of pyridine rings is 1. The van der Waals surface area contributed by atoms with Gasteiger partial charge in [-0.05, 0) is 37.3 Å². The summed E-state index contributed by atoms with van der Waals surface area (Å²) < 4.78 is 26.4. The highest BCUT2D eigenvalue weighted by molar-refractivity contribution is 8.00. The first-order valence-electron chi connectivity index (χ1n) is 7.42. The molecule has 0 saturated heterocycles. The normalized spacial score (nSPS) is 12.0. The van der Waals surface area contributed by atoms with Gasteiger partial charge in [-0.25, -0.2) is 18.7 Å². The molecule has 0 radical (unpaired) electrons. The minimum absolute atomic E-state index is 0.238. The lowest BCUT2D eigenvalue weighted by atomic mass is 10.2. The molecule has 0 spiro atoms. The Bertz CT molecular complexity index is 934. The summed E-state index contributed by atoms with van der Waals surface area (Å²) >= 11 is 8.28. The number of nitrogens with zero attached hydrogens (tertiary/aromatic N) is 2. The second-order valence-electron chi connectivity index (χ2n) is 5.23. The second kappa shape index (κ2) is 8.11. The zero-order valence-electron chi connectivity index (χ0n) is 13.4. The van der Waals surface area contributed by atoms with E-state index >= 15 is 0 Å². The molecule has 1 unspecified atom stereocenters. The molecule has 3 rings (SSSR count). The third-order valence-electron chi connectivity index (χ3n) is 3.32. The van der Waals surface area contributed by atoms with Crippen LogP contribution in [0, 0.1) is 11.6 Å². The van der Waals surface area contributed by atoms with Crippen molar-refractivity contribution in [3.8, 4) is 11.3 Å². The molecule has 2 aromatic heterocycles. The predicted octanol–water partition coefficient (Wildman–Crippen LogP) is 5.26. The summed E-state index contributed by atoms with van der Waals surface area (Å²) in [5.41, 5.74) is 0.900. The topological polar surface area (TPSA) is 54.9 Å². The molecule has 26 heavy (non-hydrogen) atoms. The number of hydrogen-bond acceptors (Lipinski definition) is 5. The van der Waals surface area contributed by atoms with Crippen LogP contribution in [0.15, 0.2) is 46.9 Å². The summed E-state index contributed by atoms with van der Waals surface area (Å²) in [5, 5.41) is 5.57. The minimum atomic E-state index is -0.943. The molecule has 1 atom stereocenters. The van der Waals surface area contributed by atoms with E-state index < -0.39 is 16.9 Å². The van der Waals surface area contributed by atoms with E-state index in [0.29, 0.717) is 26.4 Å². The minimum Gasteiger partial charge on any atom is -0.301 e. The molecule has 0 aliphatic heterocycles. The number of rotatable bonds is 5. The Labute approximate surface area is 161 Å². The maximum Gasteiger partial charge on any atom is 0.239 e. The van der Waals surface area contributed by atoms with Gasteiger partial charge < -0.3 is 5.32 Å². The first kappa shape index (κ1) is 18.8. The average molecular weight is 412 g/mol. The van der Waals surface area contributed by atoms with Crippen molar-refractivity contribution in [1.29, 1.82) is 0 Å². The number of hydrogen-bond donors (Lipinski definition) is 1. The van der Waals surface area contributed by atoms with Crippen molar-refractivity contribution in [3.05, 3.63) is 58.6 Å². The fourth-order valence-electron chi connectivity index (χ4n) is 1.99. The molecule has 0 saturated carbocycles. The molecular weight excluding hydrogens is 400 g/mol. The highest BCUT2D eigenvalue weighted by Gasteiger charge is 2.17. The summed E-state index contributed by atoms with van der Waals surface area (Å²) in [6.07, 6.45) is 1.52. The summed E-state index contributed by atoms with van der Waals surface area (Å²) in [6, 6.07) is 6.99. The number of thioether (sulfide) groups is 1. The van der Waals surface area contributed by atoms with Crippen LogP contribution in [-0.4, -0.2) is 21.1 Å². The monoisotopic (exact) mass is 411 g/mol. The van der Waals surface area contributed by atoms with Crippen LogP contribution in [0.3, 0.4) is 0 Å². The molecule has 0 fully saturated rings. The number of carbonyl (C=O) groups is 1. The Morgan fingerprint density at radius 2 is 2.08 bits per heavy atom. The molecule has 9 heteroatoms. The van der Waals surface area contributed by atoms with Crippen LogP contribution in [0.5, 0.6) is 0 Å². The van der Waals surface area contributed by atoms with Crippen molar-refractivity contribution in [2.75, 3.05) is 5.32 Å². The maximum atomic E-state index is 13.3. The van der Waals surface area contributed by atoms with Crippen molar-refractivity contribution in [2.24, 2.45) is 0 Å². The smallest absolute Gasteiger partial charge is 0.239 e. The van der Waals surface area contributed by atoms with E-state index in [1.807, 2.05) is 0 Å². The standard InChI is InChI=1S/C17H12ClF2N3OS2/c1-9(26-15-5-3-11(18)7-21-15)16(24)23-17-22-14(8-25-17)10-2-4-12(19)13(20)6-10/h2-9H,1H3,(H,22,23,24). The van der Waals surface area contributed by atoms with Gasteiger partial charge in [0, 0.05) is 17.1 Å². The largest absolute Gasteiger partial charge is 0.301 e. The number of aromatic nitrogens is 2. The number of halogens is 3. The van der Waals surface area contributed by atoms with Gasteiger partial charge in [-0.1, -0.05) is 23.4 Å². The summed E-state index contributed by atoms with van der Waals surface area (Å²) in [4.78, 5) is 20.7. The van der Waals surface area contributed by atoms with Crippen molar-refractivity contribution in [3.63, 3.8) is 0 Å². The van der Waals surface area contributed by atoms with Crippen molar-refractivity contribution in [2.45, 2.75) is 17.2 Å². The highest BCUT2D eigenvalue weighted by Crippen LogP contribution is 2.28. The Kier molecular flexibility index (Phi) is 5.85. The molecule has 0 aliphatic rings. The van der Waals surface area contributed by atoms with E-state index in [1.165, 1.54) is 35.4 Å². The number of thiazole rings is 1. The molecular formula is C17H12ClF2N3OS2. The predicted molar refractivity (Wildman–Crippen MR) is 101 cm³/mol. The van der Waals surface area contributed by atoms with Crippen LogP contribution in [-0.2, 0) is 4.79 Å². The van der Waals surface area contributed by atoms with Gasteiger partial charge in [0.1, 0.15) is 0 Å². The number of amides is 1. The van der Waals surface area contributed by atoms with Gasteiger partial charge in [-0.3, -0.25) is 4.79 Å². The van der Waals surface area contributed by atoms with Crippen molar-refractivity contribution < 1.29 is 13.6 Å². The molecule has 4 nitrogen and oxygen atoms in total. The quantitative estimate of drug-likeness (QED) is 0.582. The van der Waals surface area contributed by atoms with E-state index in [2.05, 4.69) is 15.3 Å². The van der Waals surface area contributed by atoms with Crippen LogP contribution in [0.25, 0.3) is 11.3 Å². The highest BCUT2D eigenvalue weighted by atomic mass is 35.5. The van der Waals surface area contributed by atoms with Crippen LogP contribution in [0.4, 0.5) is 13.9 Å². The van der Waals surface area contributed by atoms with Crippen LogP contribution in [0.2, 0.25) is 5.02 Å². The van der Waals surface area contributed by atoms with Crippen LogP contribution >= 0.6 is 34.7 Å². The molecule has 0 bridgehead atoms. The average Bonchev–Trinajstić information content (AvgIpc) is 3.07. The summed E-state index contributed by atoms with van der Waals surface area (Å²) in [5.74, 6) is -2.10. The van der Waals surface area contributed by atoms with Gasteiger partial charge in [-0.2, -0.15) is 0 Å². The Hall–Kier alpha value is -2.03. The van der Waals surface area contributed by atoms with Crippen LogP contribution in [0.1, 0.15) is 6.92 Å². The number of anilines is 1. The van der Waals surface area contributed by atoms with Crippen molar-refractivity contribution >= 4 is 45.7 Å². The lowest BCUT2D eigenvalue weighted by Gasteiger charge is -2.09. The Morgan fingerprint density at radius 1 is 1.27 bits per heavy atom. The molecule has 1 N–H and O–H groups in total. The lowest BCUT2D eigenvalue weighted by molar-refractivity contribution is -0.115. The van der Waals surface area contributed by atoms with E-state index in [1.54, 1.807) is 24.4 Å². The number of benzene rings is 1. The van der Waals surface area contributed by atoms with E-state index in [-0.39, 0.29) is 5.91 Å². The molecule has 134 valence electrons. The molecule has 2 heterocycles.